The largest absolute Gasteiger partial charge is 0.323 e. The minimum Gasteiger partial charge on any atom is -0.320 e. The maximum atomic E-state index is 12.6. The number of carbonyl (C=O) groups is 2. The second-order valence-electron chi connectivity index (χ2n) is 6.72. The number of benzene rings is 3. The Hall–Kier alpha value is -3.60. The fraction of sp³-hybridized carbons (Fsp3) is 0.130. The molecule has 28 heavy (non-hydrogen) atoms. The van der Waals surface area contributed by atoms with Crippen molar-refractivity contribution < 1.29 is 9.59 Å². The van der Waals surface area contributed by atoms with Gasteiger partial charge in [0, 0.05) is 11.3 Å². The molecule has 0 aliphatic carbocycles. The van der Waals surface area contributed by atoms with Gasteiger partial charge in [-0.1, -0.05) is 56.3 Å². The Balaban J connectivity index is 1.69. The van der Waals surface area contributed by atoms with E-state index in [0.717, 1.165) is 0 Å². The monoisotopic (exact) mass is 373 g/mol. The molecule has 0 bridgehead atoms. The van der Waals surface area contributed by atoms with Crippen LogP contribution in [0.1, 0.15) is 35.7 Å². The molecule has 142 valence electrons. The fourth-order valence-electron chi connectivity index (χ4n) is 2.72. The Kier molecular flexibility index (Phi) is 6.07. The van der Waals surface area contributed by atoms with Crippen molar-refractivity contribution in [1.29, 1.82) is 0 Å². The molecule has 0 atom stereocenters. The molecule has 0 saturated carbocycles. The summed E-state index contributed by atoms with van der Waals surface area (Å²) in [6.45, 7) is 4.22. The Morgan fingerprint density at radius 2 is 1.25 bits per heavy atom. The van der Waals surface area contributed by atoms with Crippen LogP contribution in [0.25, 0.3) is 0 Å². The molecule has 3 aromatic rings. The summed E-state index contributed by atoms with van der Waals surface area (Å²) in [5.41, 5.74) is 3.47. The Morgan fingerprint density at radius 3 is 1.86 bits per heavy atom. The van der Waals surface area contributed by atoms with Crippen LogP contribution in [0.15, 0.2) is 78.9 Å². The first-order chi connectivity index (χ1) is 13.5. The van der Waals surface area contributed by atoms with E-state index in [1.165, 1.54) is 5.56 Å². The highest BCUT2D eigenvalue weighted by atomic mass is 16.2. The maximum Gasteiger partial charge on any atom is 0.323 e. The predicted octanol–water partition coefficient (Wildman–Crippen LogP) is 5.71. The molecule has 3 amide bonds. The van der Waals surface area contributed by atoms with Gasteiger partial charge in [0.2, 0.25) is 0 Å². The molecule has 0 spiro atoms. The summed E-state index contributed by atoms with van der Waals surface area (Å²) in [5.74, 6) is 0.179. The Labute approximate surface area is 164 Å². The van der Waals surface area contributed by atoms with Gasteiger partial charge < -0.3 is 16.0 Å². The van der Waals surface area contributed by atoms with E-state index in [1.807, 2.05) is 42.5 Å². The van der Waals surface area contributed by atoms with Gasteiger partial charge in [-0.15, -0.1) is 0 Å². The van der Waals surface area contributed by atoms with Crippen LogP contribution < -0.4 is 16.0 Å². The molecular formula is C23H23N3O2. The molecule has 0 heterocycles. The summed E-state index contributed by atoms with van der Waals surface area (Å²) in [6.07, 6.45) is 0. The van der Waals surface area contributed by atoms with E-state index in [4.69, 9.17) is 0 Å². The van der Waals surface area contributed by atoms with Crippen LogP contribution in [0, 0.1) is 0 Å². The first-order valence-electron chi connectivity index (χ1n) is 9.16. The molecule has 0 aromatic heterocycles. The summed E-state index contributed by atoms with van der Waals surface area (Å²) < 4.78 is 0. The SMILES string of the molecule is CC(C)c1ccc(C(=O)Nc2ccccc2NC(=O)Nc2ccccc2)cc1. The van der Waals surface area contributed by atoms with Crippen molar-refractivity contribution in [3.63, 3.8) is 0 Å². The van der Waals surface area contributed by atoms with Crippen molar-refractivity contribution in [2.24, 2.45) is 0 Å². The van der Waals surface area contributed by atoms with Crippen molar-refractivity contribution in [2.45, 2.75) is 19.8 Å². The summed E-state index contributed by atoms with van der Waals surface area (Å²) >= 11 is 0. The van der Waals surface area contributed by atoms with E-state index in [9.17, 15) is 9.59 Å². The highest BCUT2D eigenvalue weighted by molar-refractivity contribution is 6.08. The lowest BCUT2D eigenvalue weighted by molar-refractivity contribution is 0.102. The van der Waals surface area contributed by atoms with Crippen LogP contribution >= 0.6 is 0 Å². The van der Waals surface area contributed by atoms with Crippen molar-refractivity contribution in [1.82, 2.24) is 0 Å². The highest BCUT2D eigenvalue weighted by Crippen LogP contribution is 2.23. The van der Waals surface area contributed by atoms with E-state index in [1.54, 1.807) is 36.4 Å². The smallest absolute Gasteiger partial charge is 0.320 e. The van der Waals surface area contributed by atoms with Gasteiger partial charge in [0.25, 0.3) is 5.91 Å². The minimum absolute atomic E-state index is 0.229. The van der Waals surface area contributed by atoms with Crippen molar-refractivity contribution in [3.05, 3.63) is 90.0 Å². The first kappa shape index (κ1) is 19.2. The fourth-order valence-corrected chi connectivity index (χ4v) is 2.72. The molecule has 0 unspecified atom stereocenters. The van der Waals surface area contributed by atoms with Gasteiger partial charge in [0.05, 0.1) is 11.4 Å². The van der Waals surface area contributed by atoms with E-state index in [0.29, 0.717) is 28.5 Å². The molecular weight excluding hydrogens is 350 g/mol. The quantitative estimate of drug-likeness (QED) is 0.536. The molecule has 0 aliphatic heterocycles. The zero-order chi connectivity index (χ0) is 19.9. The zero-order valence-corrected chi connectivity index (χ0v) is 15.9. The summed E-state index contributed by atoms with van der Waals surface area (Å²) in [7, 11) is 0. The van der Waals surface area contributed by atoms with E-state index < -0.39 is 0 Å². The van der Waals surface area contributed by atoms with Crippen LogP contribution in [-0.2, 0) is 0 Å². The summed E-state index contributed by atoms with van der Waals surface area (Å²) in [6, 6.07) is 23.4. The number of rotatable bonds is 5. The molecule has 3 N–H and O–H groups in total. The topological polar surface area (TPSA) is 70.2 Å². The minimum atomic E-state index is -0.380. The molecule has 0 aliphatic rings. The third-order valence-corrected chi connectivity index (χ3v) is 4.29. The van der Waals surface area contributed by atoms with Crippen LogP contribution in [0.2, 0.25) is 0 Å². The second kappa shape index (κ2) is 8.86. The van der Waals surface area contributed by atoms with Gasteiger partial charge in [-0.05, 0) is 47.9 Å². The standard InChI is InChI=1S/C23H23N3O2/c1-16(2)17-12-14-18(15-13-17)22(27)25-20-10-6-7-11-21(20)26-23(28)24-19-8-4-3-5-9-19/h3-16H,1-2H3,(H,25,27)(H2,24,26,28). The number of urea groups is 1. The third kappa shape index (κ3) is 4.98. The average Bonchev–Trinajstić information content (AvgIpc) is 2.70. The van der Waals surface area contributed by atoms with Crippen LogP contribution in [0.5, 0.6) is 0 Å². The summed E-state index contributed by atoms with van der Waals surface area (Å²) in [4.78, 5) is 24.8. The van der Waals surface area contributed by atoms with Gasteiger partial charge in [-0.2, -0.15) is 0 Å². The zero-order valence-electron chi connectivity index (χ0n) is 15.9. The molecule has 0 fully saturated rings. The Morgan fingerprint density at radius 1 is 0.679 bits per heavy atom. The molecule has 5 nitrogen and oxygen atoms in total. The van der Waals surface area contributed by atoms with Gasteiger partial charge in [-0.3, -0.25) is 4.79 Å². The summed E-state index contributed by atoms with van der Waals surface area (Å²) in [5, 5.41) is 8.40. The molecule has 3 rings (SSSR count). The lowest BCUT2D eigenvalue weighted by atomic mass is 10.0. The average molecular weight is 373 g/mol. The maximum absolute atomic E-state index is 12.6. The lowest BCUT2D eigenvalue weighted by Gasteiger charge is -2.13. The lowest BCUT2D eigenvalue weighted by Crippen LogP contribution is -2.21. The predicted molar refractivity (Wildman–Crippen MR) is 114 cm³/mol. The first-order valence-corrected chi connectivity index (χ1v) is 9.16. The van der Waals surface area contributed by atoms with Gasteiger partial charge >= 0.3 is 6.03 Å². The molecule has 3 aromatic carbocycles. The second-order valence-corrected chi connectivity index (χ2v) is 6.72. The van der Waals surface area contributed by atoms with E-state index in [2.05, 4.69) is 29.8 Å². The van der Waals surface area contributed by atoms with Crippen molar-refractivity contribution in [2.75, 3.05) is 16.0 Å². The number of nitrogens with one attached hydrogen (secondary N) is 3. The number of amides is 3. The van der Waals surface area contributed by atoms with Crippen LogP contribution in [0.4, 0.5) is 21.9 Å². The number of hydrogen-bond donors (Lipinski definition) is 3. The van der Waals surface area contributed by atoms with Crippen LogP contribution in [-0.4, -0.2) is 11.9 Å². The van der Waals surface area contributed by atoms with Crippen molar-refractivity contribution >= 4 is 29.0 Å². The highest BCUT2D eigenvalue weighted by Gasteiger charge is 2.11. The van der Waals surface area contributed by atoms with Crippen molar-refractivity contribution in [3.8, 4) is 0 Å². The number of carbonyl (C=O) groups excluding carboxylic acids is 2. The van der Waals surface area contributed by atoms with Crippen LogP contribution in [0.3, 0.4) is 0 Å². The van der Waals surface area contributed by atoms with Gasteiger partial charge in [0.1, 0.15) is 0 Å². The number of anilines is 3. The molecule has 0 saturated heterocycles. The molecule has 5 heteroatoms. The number of hydrogen-bond acceptors (Lipinski definition) is 2. The third-order valence-electron chi connectivity index (χ3n) is 4.29. The van der Waals surface area contributed by atoms with E-state index >= 15 is 0 Å². The molecule has 0 radical (unpaired) electrons. The van der Waals surface area contributed by atoms with E-state index in [-0.39, 0.29) is 11.9 Å². The normalized spacial score (nSPS) is 10.4. The Bertz CT molecular complexity index is 951. The number of para-hydroxylation sites is 3. The van der Waals surface area contributed by atoms with Gasteiger partial charge in [0.15, 0.2) is 0 Å². The van der Waals surface area contributed by atoms with Gasteiger partial charge in [-0.25, -0.2) is 4.79 Å².